The lowest BCUT2D eigenvalue weighted by Gasteiger charge is -2.38. The lowest BCUT2D eigenvalue weighted by Crippen LogP contribution is -2.37. The van der Waals surface area contributed by atoms with Crippen LogP contribution in [0.2, 0.25) is 0 Å². The van der Waals surface area contributed by atoms with Crippen LogP contribution in [-0.4, -0.2) is 37.1 Å². The van der Waals surface area contributed by atoms with Crippen LogP contribution in [0.15, 0.2) is 71.3 Å². The van der Waals surface area contributed by atoms with Gasteiger partial charge >= 0.3 is 6.61 Å². The molecular weight excluding hydrogens is 476 g/mol. The topological polar surface area (TPSA) is 56.2 Å². The molecule has 2 aromatic rings. The summed E-state index contributed by atoms with van der Waals surface area (Å²) in [4.78, 5) is 10.9. The van der Waals surface area contributed by atoms with E-state index in [0.717, 1.165) is 43.5 Å². The van der Waals surface area contributed by atoms with Gasteiger partial charge in [-0.15, -0.1) is 6.42 Å². The van der Waals surface area contributed by atoms with E-state index in [1.54, 1.807) is 56.0 Å². The van der Waals surface area contributed by atoms with Crippen LogP contribution in [-0.2, 0) is 4.74 Å². The minimum atomic E-state index is -2.87. The molecule has 1 aromatic heterocycles. The predicted octanol–water partition coefficient (Wildman–Crippen LogP) is 7.06. The lowest BCUT2D eigenvalue weighted by atomic mass is 9.91. The smallest absolute Gasteiger partial charge is 0.387 e. The van der Waals surface area contributed by atoms with Gasteiger partial charge in [0.2, 0.25) is 5.88 Å². The summed E-state index contributed by atoms with van der Waals surface area (Å²) in [5.74, 6) is 3.94. The molecule has 0 unspecified atom stereocenters. The zero-order chi connectivity index (χ0) is 26.6. The van der Waals surface area contributed by atoms with Crippen LogP contribution >= 0.6 is 0 Å². The Balaban J connectivity index is 1.78. The van der Waals surface area contributed by atoms with Crippen molar-refractivity contribution in [1.82, 2.24) is 4.98 Å². The molecule has 0 radical (unpaired) electrons. The van der Waals surface area contributed by atoms with E-state index >= 15 is 0 Å². The molecule has 1 fully saturated rings. The molecule has 6 nitrogen and oxygen atoms in total. The number of nitrogens with zero attached hydrogens (tertiary/aromatic N) is 3. The third kappa shape index (κ3) is 7.81. The average molecular weight is 510 g/mol. The Morgan fingerprint density at radius 2 is 1.95 bits per heavy atom. The summed E-state index contributed by atoms with van der Waals surface area (Å²) in [5.41, 5.74) is 2.34. The van der Waals surface area contributed by atoms with E-state index in [0.29, 0.717) is 17.2 Å². The van der Waals surface area contributed by atoms with Crippen molar-refractivity contribution in [3.05, 3.63) is 66.3 Å². The summed E-state index contributed by atoms with van der Waals surface area (Å²) in [6.07, 6.45) is 18.5. The third-order valence-corrected chi connectivity index (χ3v) is 6.06. The average Bonchev–Trinajstić information content (AvgIpc) is 2.91. The van der Waals surface area contributed by atoms with Crippen LogP contribution in [0.5, 0.6) is 11.5 Å². The maximum absolute atomic E-state index is 12.6. The number of allylic oxidation sites excluding steroid dienone is 3. The van der Waals surface area contributed by atoms with E-state index < -0.39 is 6.61 Å². The number of ether oxygens (including phenoxy) is 3. The van der Waals surface area contributed by atoms with Crippen LogP contribution in [0.1, 0.15) is 46.0 Å². The molecule has 0 spiro atoms. The van der Waals surface area contributed by atoms with E-state index in [1.807, 2.05) is 26.0 Å². The van der Waals surface area contributed by atoms with Crippen LogP contribution in [0.3, 0.4) is 0 Å². The molecule has 37 heavy (non-hydrogen) atoms. The first-order chi connectivity index (χ1) is 18.0. The summed E-state index contributed by atoms with van der Waals surface area (Å²) in [6, 6.07) is 8.56. The van der Waals surface area contributed by atoms with E-state index in [1.165, 1.54) is 0 Å². The molecule has 8 heteroatoms. The highest BCUT2D eigenvalue weighted by atomic mass is 19.3. The SMILES string of the molecule is C#CC(/C=N\C(=C\CC)OC1CCC(N(c2ccc(OC(F)F)cc2)c2cnccc2OC)CC1)=C/C. The maximum atomic E-state index is 12.6. The highest BCUT2D eigenvalue weighted by Crippen LogP contribution is 2.40. The van der Waals surface area contributed by atoms with Crippen LogP contribution in [0, 0.1) is 12.3 Å². The molecule has 1 aromatic carbocycles. The number of alkyl halides is 2. The fourth-order valence-electron chi connectivity index (χ4n) is 4.29. The number of aromatic nitrogens is 1. The standard InChI is InChI=1S/C29H33F2N3O3/c1-5-8-28(33-19-21(6-2)7-3)36-24-13-9-22(10-14-24)34(26-20-32-18-17-27(26)35-4)23-11-15-25(16-12-23)37-29(30)31/h2,7-8,11-12,15-20,22,24,29H,5,9-10,13-14H2,1,3-4H3/b21-7-,28-8-,33-19-. The van der Waals surface area contributed by atoms with E-state index in [2.05, 4.69) is 25.5 Å². The lowest BCUT2D eigenvalue weighted by molar-refractivity contribution is -0.0498. The van der Waals surface area contributed by atoms with Gasteiger partial charge in [0.1, 0.15) is 23.3 Å². The Morgan fingerprint density at radius 3 is 2.54 bits per heavy atom. The number of rotatable bonds is 11. The van der Waals surface area contributed by atoms with Gasteiger partial charge < -0.3 is 19.1 Å². The van der Waals surface area contributed by atoms with Crippen molar-refractivity contribution in [2.75, 3.05) is 12.0 Å². The van der Waals surface area contributed by atoms with Crippen molar-refractivity contribution in [3.63, 3.8) is 0 Å². The van der Waals surface area contributed by atoms with Gasteiger partial charge in [-0.3, -0.25) is 4.98 Å². The third-order valence-electron chi connectivity index (χ3n) is 6.06. The Kier molecular flexibility index (Phi) is 10.5. The molecule has 0 aliphatic heterocycles. The number of terminal acetylenes is 1. The predicted molar refractivity (Wildman–Crippen MR) is 143 cm³/mol. The quantitative estimate of drug-likeness (QED) is 0.184. The molecule has 196 valence electrons. The zero-order valence-corrected chi connectivity index (χ0v) is 21.4. The van der Waals surface area contributed by atoms with Gasteiger partial charge in [-0.1, -0.05) is 18.9 Å². The van der Waals surface area contributed by atoms with Crippen molar-refractivity contribution >= 4 is 17.6 Å². The summed E-state index contributed by atoms with van der Waals surface area (Å²) in [5, 5.41) is 0. The van der Waals surface area contributed by atoms with Crippen molar-refractivity contribution in [2.24, 2.45) is 4.99 Å². The van der Waals surface area contributed by atoms with Gasteiger partial charge in [0.05, 0.1) is 13.3 Å². The van der Waals surface area contributed by atoms with Crippen molar-refractivity contribution in [1.29, 1.82) is 0 Å². The molecule has 1 aliphatic carbocycles. The zero-order valence-electron chi connectivity index (χ0n) is 21.4. The first kappa shape index (κ1) is 27.7. The van der Waals surface area contributed by atoms with Gasteiger partial charge in [0.25, 0.3) is 0 Å². The van der Waals surface area contributed by atoms with Gasteiger partial charge in [0.15, 0.2) is 0 Å². The van der Waals surface area contributed by atoms with Crippen LogP contribution < -0.4 is 14.4 Å². The molecule has 0 saturated heterocycles. The summed E-state index contributed by atoms with van der Waals surface area (Å²) < 4.78 is 41.6. The summed E-state index contributed by atoms with van der Waals surface area (Å²) >= 11 is 0. The molecule has 0 bridgehead atoms. The van der Waals surface area contributed by atoms with Crippen molar-refractivity contribution in [2.45, 2.75) is 64.7 Å². The van der Waals surface area contributed by atoms with E-state index in [9.17, 15) is 8.78 Å². The number of hydrogen-bond acceptors (Lipinski definition) is 6. The van der Waals surface area contributed by atoms with Crippen molar-refractivity contribution < 1.29 is 23.0 Å². The molecule has 0 amide bonds. The van der Waals surface area contributed by atoms with Gasteiger partial charge in [-0.2, -0.15) is 8.78 Å². The summed E-state index contributed by atoms with van der Waals surface area (Å²) in [7, 11) is 1.61. The van der Waals surface area contributed by atoms with E-state index in [-0.39, 0.29) is 17.9 Å². The van der Waals surface area contributed by atoms with E-state index in [4.69, 9.17) is 15.9 Å². The molecule has 1 aliphatic rings. The second-order valence-corrected chi connectivity index (χ2v) is 8.44. The number of benzene rings is 1. The van der Waals surface area contributed by atoms with Gasteiger partial charge in [-0.25, -0.2) is 4.99 Å². The fraction of sp³-hybridized carbons (Fsp3) is 0.379. The van der Waals surface area contributed by atoms with Crippen LogP contribution in [0.25, 0.3) is 0 Å². The minimum Gasteiger partial charge on any atom is -0.494 e. The Bertz CT molecular complexity index is 1130. The normalized spacial score (nSPS) is 18.5. The van der Waals surface area contributed by atoms with Crippen molar-refractivity contribution in [3.8, 4) is 23.8 Å². The molecule has 1 saturated carbocycles. The molecule has 0 atom stereocenters. The number of anilines is 2. The molecule has 3 rings (SSSR count). The number of aliphatic imine (C=N–C) groups is 1. The number of methoxy groups -OCH3 is 1. The first-order valence-electron chi connectivity index (χ1n) is 12.3. The monoisotopic (exact) mass is 509 g/mol. The molecule has 0 N–H and O–H groups in total. The Morgan fingerprint density at radius 1 is 1.22 bits per heavy atom. The van der Waals surface area contributed by atoms with Gasteiger partial charge in [0, 0.05) is 35.8 Å². The second-order valence-electron chi connectivity index (χ2n) is 8.44. The second kappa shape index (κ2) is 14.0. The summed E-state index contributed by atoms with van der Waals surface area (Å²) in [6.45, 7) is 1.03. The largest absolute Gasteiger partial charge is 0.494 e. The highest BCUT2D eigenvalue weighted by Gasteiger charge is 2.30. The molecule has 1 heterocycles. The number of halogens is 2. The van der Waals surface area contributed by atoms with Gasteiger partial charge in [-0.05, 0) is 69.4 Å². The Labute approximate surface area is 217 Å². The number of hydrogen-bond donors (Lipinski definition) is 0. The number of pyridine rings is 1. The van der Waals surface area contributed by atoms with Crippen LogP contribution in [0.4, 0.5) is 20.2 Å². The Hall–Kier alpha value is -3.86. The minimum absolute atomic E-state index is 0.0190. The first-order valence-corrected chi connectivity index (χ1v) is 12.3. The maximum Gasteiger partial charge on any atom is 0.387 e. The fourth-order valence-corrected chi connectivity index (χ4v) is 4.29. The highest BCUT2D eigenvalue weighted by molar-refractivity contribution is 5.84. The molecular formula is C29H33F2N3O3.